The number of aliphatic carboxylic acids is 1. The summed E-state index contributed by atoms with van der Waals surface area (Å²) in [6.45, 7) is 7.42. The Balaban J connectivity index is 1.18. The normalized spacial score (nSPS) is 22.9. The molecule has 1 N–H and O–H groups in total. The highest BCUT2D eigenvalue weighted by Gasteiger charge is 2.46. The van der Waals surface area contributed by atoms with Crippen molar-refractivity contribution in [3.05, 3.63) is 64.0 Å². The fraction of sp³-hybridized carbons (Fsp3) is 0.485. The summed E-state index contributed by atoms with van der Waals surface area (Å²) in [5, 5.41) is 12.8. The lowest BCUT2D eigenvalue weighted by Crippen LogP contribution is -2.44. The number of aliphatic imine (C=N–C) groups is 1. The molecule has 2 saturated heterocycles. The number of fused-ring (bicyclic) bond motifs is 2. The Kier molecular flexibility index (Phi) is 8.40. The molecule has 1 unspecified atom stereocenters. The molecule has 6 rings (SSSR count). The molecule has 3 aliphatic rings. The van der Waals surface area contributed by atoms with E-state index in [1.54, 1.807) is 11.3 Å². The second kappa shape index (κ2) is 12.3. The van der Waals surface area contributed by atoms with Gasteiger partial charge in [0, 0.05) is 43.8 Å². The summed E-state index contributed by atoms with van der Waals surface area (Å²) in [6, 6.07) is 12.9. The van der Waals surface area contributed by atoms with Crippen LogP contribution >= 0.6 is 11.3 Å². The van der Waals surface area contributed by atoms with Crippen molar-refractivity contribution in [3.63, 3.8) is 0 Å². The molecule has 216 valence electrons. The molecule has 1 saturated carbocycles. The summed E-state index contributed by atoms with van der Waals surface area (Å²) in [6.07, 6.45) is 7.85. The number of rotatable bonds is 9. The quantitative estimate of drug-likeness (QED) is 0.304. The molecule has 3 aromatic rings. The van der Waals surface area contributed by atoms with Crippen LogP contribution in [0, 0.1) is 24.7 Å². The van der Waals surface area contributed by atoms with E-state index in [2.05, 4.69) is 57.4 Å². The Bertz CT molecular complexity index is 1400. The molecular weight excluding hydrogens is 532 g/mol. The molecule has 2 bridgehead atoms. The van der Waals surface area contributed by atoms with Gasteiger partial charge in [-0.05, 0) is 92.4 Å². The highest BCUT2D eigenvalue weighted by molar-refractivity contribution is 7.14. The van der Waals surface area contributed by atoms with Gasteiger partial charge in [0.05, 0.1) is 11.6 Å². The average molecular weight is 573 g/mol. The third kappa shape index (κ3) is 6.19. The molecule has 2 aromatic carbocycles. The summed E-state index contributed by atoms with van der Waals surface area (Å²) in [7, 11) is 1.81. The van der Waals surface area contributed by atoms with Crippen LogP contribution in [0.1, 0.15) is 54.4 Å². The number of piperidine rings is 2. The lowest BCUT2D eigenvalue weighted by atomic mass is 9.85. The molecule has 0 radical (unpaired) electrons. The van der Waals surface area contributed by atoms with Crippen molar-refractivity contribution in [1.82, 2.24) is 9.88 Å². The summed E-state index contributed by atoms with van der Waals surface area (Å²) in [5.41, 5.74) is 6.58. The van der Waals surface area contributed by atoms with Crippen LogP contribution in [0.5, 0.6) is 5.75 Å². The molecule has 1 aromatic heterocycles. The van der Waals surface area contributed by atoms with E-state index in [0.29, 0.717) is 6.61 Å². The fourth-order valence-electron chi connectivity index (χ4n) is 6.95. The Hall–Kier alpha value is -3.23. The largest absolute Gasteiger partial charge is 0.488 e. The molecule has 2 aliphatic heterocycles. The standard InChI is InChI=1S/C33H40N4O3S/c1-22-6-11-30(40-20-26-8-7-23(15-27(26)16-34-2)17-36-12-4-3-5-13-36)28(14-22)29-21-41-33(35-29)37-18-24-9-10-25(19-37)31(24)32(38)39/h6-8,11,14-16,21,24-25,31H,3-5,9-10,12-13,17-20H2,1-2H3,(H,38,39)/t24-,25+,31?. The van der Waals surface area contributed by atoms with E-state index >= 15 is 0 Å². The molecule has 1 aliphatic carbocycles. The molecule has 0 amide bonds. The van der Waals surface area contributed by atoms with Gasteiger partial charge in [0.15, 0.2) is 5.13 Å². The van der Waals surface area contributed by atoms with Gasteiger partial charge in [-0.25, -0.2) is 4.98 Å². The number of likely N-dealkylation sites (tertiary alicyclic amines) is 1. The van der Waals surface area contributed by atoms with Gasteiger partial charge in [-0.2, -0.15) is 0 Å². The van der Waals surface area contributed by atoms with E-state index in [4.69, 9.17) is 9.72 Å². The Morgan fingerprint density at radius 3 is 2.63 bits per heavy atom. The van der Waals surface area contributed by atoms with Crippen molar-refractivity contribution in [2.45, 2.75) is 52.2 Å². The van der Waals surface area contributed by atoms with Gasteiger partial charge >= 0.3 is 5.97 Å². The number of ether oxygens (including phenoxy) is 1. The summed E-state index contributed by atoms with van der Waals surface area (Å²) >= 11 is 1.64. The van der Waals surface area contributed by atoms with Crippen LogP contribution in [0.4, 0.5) is 5.13 Å². The van der Waals surface area contributed by atoms with E-state index in [9.17, 15) is 9.90 Å². The van der Waals surface area contributed by atoms with Gasteiger partial charge < -0.3 is 14.7 Å². The van der Waals surface area contributed by atoms with Crippen LogP contribution in [0.25, 0.3) is 11.3 Å². The molecule has 41 heavy (non-hydrogen) atoms. The van der Waals surface area contributed by atoms with Crippen molar-refractivity contribution in [2.24, 2.45) is 22.7 Å². The molecular formula is C33H40N4O3S. The third-order valence-corrected chi connectivity index (χ3v) is 9.91. The highest BCUT2D eigenvalue weighted by atomic mass is 32.1. The molecule has 8 heteroatoms. The SMILES string of the molecule is CN=Cc1cc(CN2CCCCC2)ccc1COc1ccc(C)cc1-c1csc(N2C[C@H]3CC[C@@H](C2)C3C(=O)O)n1. The minimum absolute atomic E-state index is 0.205. The first kappa shape index (κ1) is 27.9. The van der Waals surface area contributed by atoms with E-state index in [1.165, 1.54) is 37.9 Å². The van der Waals surface area contributed by atoms with Crippen LogP contribution in [-0.4, -0.2) is 60.4 Å². The molecule has 3 fully saturated rings. The number of anilines is 1. The molecule has 3 atom stereocenters. The molecule has 3 heterocycles. The minimum Gasteiger partial charge on any atom is -0.488 e. The van der Waals surface area contributed by atoms with Crippen molar-refractivity contribution >= 4 is 28.7 Å². The van der Waals surface area contributed by atoms with Crippen molar-refractivity contribution in [2.75, 3.05) is 38.1 Å². The van der Waals surface area contributed by atoms with Crippen molar-refractivity contribution < 1.29 is 14.6 Å². The topological polar surface area (TPSA) is 78.3 Å². The maximum Gasteiger partial charge on any atom is 0.307 e. The smallest absolute Gasteiger partial charge is 0.307 e. The fourth-order valence-corrected chi connectivity index (χ4v) is 7.80. The van der Waals surface area contributed by atoms with E-state index < -0.39 is 5.97 Å². The zero-order chi connectivity index (χ0) is 28.3. The van der Waals surface area contributed by atoms with Gasteiger partial charge in [-0.15, -0.1) is 11.3 Å². The van der Waals surface area contributed by atoms with Crippen LogP contribution in [0.15, 0.2) is 46.8 Å². The van der Waals surface area contributed by atoms with Crippen molar-refractivity contribution in [1.29, 1.82) is 0 Å². The first-order valence-electron chi connectivity index (χ1n) is 14.9. The van der Waals surface area contributed by atoms with Crippen LogP contribution in [-0.2, 0) is 17.9 Å². The van der Waals surface area contributed by atoms with Crippen LogP contribution in [0.2, 0.25) is 0 Å². The number of hydrogen-bond acceptors (Lipinski definition) is 7. The Morgan fingerprint density at radius 2 is 1.90 bits per heavy atom. The van der Waals surface area contributed by atoms with Crippen molar-refractivity contribution in [3.8, 4) is 17.0 Å². The minimum atomic E-state index is -0.636. The zero-order valence-corrected chi connectivity index (χ0v) is 24.9. The number of benzene rings is 2. The second-order valence-electron chi connectivity index (χ2n) is 11.9. The maximum atomic E-state index is 11.8. The number of aryl methyl sites for hydroxylation is 1. The monoisotopic (exact) mass is 572 g/mol. The predicted octanol–water partition coefficient (Wildman–Crippen LogP) is 6.28. The van der Waals surface area contributed by atoms with Gasteiger partial charge in [-0.3, -0.25) is 14.7 Å². The van der Waals surface area contributed by atoms with Gasteiger partial charge in [-0.1, -0.05) is 30.2 Å². The number of thiazole rings is 1. The van der Waals surface area contributed by atoms with Crippen LogP contribution in [0.3, 0.4) is 0 Å². The first-order valence-corrected chi connectivity index (χ1v) is 15.8. The summed E-state index contributed by atoms with van der Waals surface area (Å²) in [4.78, 5) is 26.0. The lowest BCUT2D eigenvalue weighted by molar-refractivity contribution is -0.144. The number of carboxylic acids is 1. The third-order valence-electron chi connectivity index (χ3n) is 9.01. The average Bonchev–Trinajstić information content (AvgIpc) is 3.57. The van der Waals surface area contributed by atoms with E-state index in [1.807, 2.05) is 19.3 Å². The summed E-state index contributed by atoms with van der Waals surface area (Å²) in [5.74, 6) is 0.397. The van der Waals surface area contributed by atoms with Gasteiger partial charge in [0.1, 0.15) is 12.4 Å². The van der Waals surface area contributed by atoms with E-state index in [0.717, 1.165) is 71.3 Å². The highest BCUT2D eigenvalue weighted by Crippen LogP contribution is 2.44. The number of hydrogen-bond donors (Lipinski definition) is 1. The first-order chi connectivity index (χ1) is 20.0. The maximum absolute atomic E-state index is 11.8. The number of nitrogens with zero attached hydrogens (tertiary/aromatic N) is 4. The number of aromatic nitrogens is 1. The van der Waals surface area contributed by atoms with E-state index in [-0.39, 0.29) is 17.8 Å². The zero-order valence-electron chi connectivity index (χ0n) is 24.1. The van der Waals surface area contributed by atoms with Crippen LogP contribution < -0.4 is 9.64 Å². The second-order valence-corrected chi connectivity index (χ2v) is 12.8. The van der Waals surface area contributed by atoms with Gasteiger partial charge in [0.2, 0.25) is 0 Å². The predicted molar refractivity (Wildman–Crippen MR) is 165 cm³/mol. The number of carbonyl (C=O) groups is 1. The Labute approximate surface area is 246 Å². The Morgan fingerprint density at radius 1 is 1.12 bits per heavy atom. The number of carboxylic acid groups (broad SMARTS) is 1. The van der Waals surface area contributed by atoms with Gasteiger partial charge in [0.25, 0.3) is 0 Å². The summed E-state index contributed by atoms with van der Waals surface area (Å²) < 4.78 is 6.46. The lowest BCUT2D eigenvalue weighted by Gasteiger charge is -2.35. The molecule has 0 spiro atoms. The molecule has 7 nitrogen and oxygen atoms in total.